The van der Waals surface area contributed by atoms with Gasteiger partial charge in [-0.15, -0.1) is 0 Å². The molecule has 0 radical (unpaired) electrons. The zero-order valence-electron chi connectivity index (χ0n) is 21.8. The first kappa shape index (κ1) is 31.5. The number of aliphatic carboxylic acids is 2. The molecule has 0 saturated carbocycles. The molecular weight excluding hydrogens is 528 g/mol. The standard InChI is InChI=1S/C25H29N3O3S.C3H4F2O2/c1-19-10-12-20(13-11-19)23(18-25(29)30)28-32-22-8-6-7-21(17-22)31-16-5-4-15-27-24-9-2-3-14-26-24;1-3(4,5)2(6)7/h2-3,6-14,17,23,28H,4-5,15-16,18H2,1H3,(H,26,27)(H,29,30);1H3,(H,6,7). The van der Waals surface area contributed by atoms with Crippen LogP contribution in [0.1, 0.15) is 43.4 Å². The molecule has 39 heavy (non-hydrogen) atoms. The van der Waals surface area contributed by atoms with E-state index in [0.717, 1.165) is 47.0 Å². The molecule has 0 bridgehead atoms. The molecule has 0 aliphatic carbocycles. The molecule has 3 rings (SSSR count). The minimum atomic E-state index is -3.58. The lowest BCUT2D eigenvalue weighted by Crippen LogP contribution is -2.22. The second-order valence-corrected chi connectivity index (χ2v) is 9.56. The number of ether oxygens (including phenoxy) is 1. The van der Waals surface area contributed by atoms with E-state index in [4.69, 9.17) is 9.84 Å². The Bertz CT molecular complexity index is 1160. The first-order valence-corrected chi connectivity index (χ1v) is 13.1. The maximum absolute atomic E-state index is 11.3. The number of aryl methyl sites for hydroxylation is 1. The van der Waals surface area contributed by atoms with Gasteiger partial charge in [0.15, 0.2) is 0 Å². The second kappa shape index (κ2) is 16.3. The molecule has 4 N–H and O–H groups in total. The van der Waals surface area contributed by atoms with E-state index in [1.54, 1.807) is 6.20 Å². The summed E-state index contributed by atoms with van der Waals surface area (Å²) in [5.41, 5.74) is 2.10. The average Bonchev–Trinajstić information content (AvgIpc) is 2.89. The zero-order valence-corrected chi connectivity index (χ0v) is 22.6. The smallest absolute Gasteiger partial charge is 0.374 e. The number of rotatable bonds is 14. The fourth-order valence-electron chi connectivity index (χ4n) is 3.07. The Hall–Kier alpha value is -3.70. The fraction of sp³-hybridized carbons (Fsp3) is 0.321. The third kappa shape index (κ3) is 13.1. The summed E-state index contributed by atoms with van der Waals surface area (Å²) in [6.07, 6.45) is 3.71. The number of anilines is 1. The molecular formula is C28H33F2N3O5S. The van der Waals surface area contributed by atoms with E-state index in [1.165, 1.54) is 11.9 Å². The third-order valence-electron chi connectivity index (χ3n) is 5.17. The number of pyridine rings is 1. The predicted octanol–water partition coefficient (Wildman–Crippen LogP) is 6.20. The van der Waals surface area contributed by atoms with E-state index in [-0.39, 0.29) is 12.5 Å². The van der Waals surface area contributed by atoms with Gasteiger partial charge in [-0.3, -0.25) is 9.52 Å². The molecule has 1 unspecified atom stereocenters. The van der Waals surface area contributed by atoms with Gasteiger partial charge in [-0.25, -0.2) is 9.78 Å². The number of benzene rings is 2. The number of hydrogen-bond acceptors (Lipinski definition) is 7. The highest BCUT2D eigenvalue weighted by Gasteiger charge is 2.31. The summed E-state index contributed by atoms with van der Waals surface area (Å²) in [7, 11) is 0. The van der Waals surface area contributed by atoms with Crippen LogP contribution in [0.25, 0.3) is 0 Å². The Labute approximate surface area is 230 Å². The van der Waals surface area contributed by atoms with Crippen LogP contribution in [0.4, 0.5) is 14.6 Å². The largest absolute Gasteiger partial charge is 0.494 e. The molecule has 0 spiro atoms. The topological polar surface area (TPSA) is 121 Å². The van der Waals surface area contributed by atoms with Gasteiger partial charge in [0.05, 0.1) is 19.1 Å². The molecule has 0 aliphatic heterocycles. The Balaban J connectivity index is 0.000000673. The zero-order chi connectivity index (χ0) is 28.7. The Kier molecular flexibility index (Phi) is 13.2. The van der Waals surface area contributed by atoms with E-state index < -0.39 is 17.9 Å². The van der Waals surface area contributed by atoms with Crippen LogP contribution >= 0.6 is 11.9 Å². The highest BCUT2D eigenvalue weighted by Crippen LogP contribution is 2.26. The molecule has 1 heterocycles. The number of nitrogens with one attached hydrogen (secondary N) is 2. The molecule has 0 fully saturated rings. The van der Waals surface area contributed by atoms with Crippen molar-refractivity contribution in [3.05, 3.63) is 84.1 Å². The first-order chi connectivity index (χ1) is 18.5. The highest BCUT2D eigenvalue weighted by atomic mass is 32.2. The monoisotopic (exact) mass is 561 g/mol. The number of aromatic nitrogens is 1. The Morgan fingerprint density at radius 3 is 2.38 bits per heavy atom. The summed E-state index contributed by atoms with van der Waals surface area (Å²) in [5, 5.41) is 20.1. The normalized spacial score (nSPS) is 11.6. The number of carboxylic acids is 2. The van der Waals surface area contributed by atoms with Crippen molar-refractivity contribution < 1.29 is 33.3 Å². The van der Waals surface area contributed by atoms with Crippen LogP contribution in [0, 0.1) is 6.92 Å². The van der Waals surface area contributed by atoms with E-state index in [9.17, 15) is 23.5 Å². The molecule has 0 saturated heterocycles. The van der Waals surface area contributed by atoms with Crippen molar-refractivity contribution in [3.8, 4) is 5.75 Å². The molecule has 8 nitrogen and oxygen atoms in total. The maximum atomic E-state index is 11.3. The first-order valence-electron chi connectivity index (χ1n) is 12.2. The van der Waals surface area contributed by atoms with Crippen LogP contribution in [0.3, 0.4) is 0 Å². The van der Waals surface area contributed by atoms with Gasteiger partial charge in [-0.1, -0.05) is 42.0 Å². The van der Waals surface area contributed by atoms with Crippen LogP contribution in [-0.2, 0) is 9.59 Å². The average molecular weight is 562 g/mol. The third-order valence-corrected chi connectivity index (χ3v) is 6.06. The molecule has 1 aromatic heterocycles. The number of carboxylic acid groups (broad SMARTS) is 2. The van der Waals surface area contributed by atoms with Crippen molar-refractivity contribution in [2.45, 2.75) is 50.0 Å². The van der Waals surface area contributed by atoms with E-state index >= 15 is 0 Å². The highest BCUT2D eigenvalue weighted by molar-refractivity contribution is 7.97. The van der Waals surface area contributed by atoms with Gasteiger partial charge in [0, 0.05) is 24.6 Å². The van der Waals surface area contributed by atoms with Crippen LogP contribution in [0.5, 0.6) is 5.75 Å². The van der Waals surface area contributed by atoms with Gasteiger partial charge < -0.3 is 20.3 Å². The lowest BCUT2D eigenvalue weighted by atomic mass is 10.0. The van der Waals surface area contributed by atoms with Crippen LogP contribution in [0.15, 0.2) is 77.8 Å². The van der Waals surface area contributed by atoms with Gasteiger partial charge in [-0.05, 0) is 67.6 Å². The fourth-order valence-corrected chi connectivity index (χ4v) is 3.89. The molecule has 0 aliphatic rings. The van der Waals surface area contributed by atoms with Gasteiger partial charge in [0.1, 0.15) is 11.6 Å². The number of nitrogens with zero attached hydrogens (tertiary/aromatic N) is 1. The Morgan fingerprint density at radius 1 is 1.05 bits per heavy atom. The van der Waals surface area contributed by atoms with Crippen molar-refractivity contribution in [1.29, 1.82) is 0 Å². The Morgan fingerprint density at radius 2 is 1.77 bits per heavy atom. The summed E-state index contributed by atoms with van der Waals surface area (Å²) >= 11 is 1.42. The number of unbranched alkanes of at least 4 members (excludes halogenated alkanes) is 1. The van der Waals surface area contributed by atoms with Crippen LogP contribution in [-0.4, -0.2) is 46.2 Å². The van der Waals surface area contributed by atoms with Gasteiger partial charge in [0.2, 0.25) is 0 Å². The van der Waals surface area contributed by atoms with Gasteiger partial charge in [-0.2, -0.15) is 8.78 Å². The summed E-state index contributed by atoms with van der Waals surface area (Å²) in [4.78, 5) is 25.8. The lowest BCUT2D eigenvalue weighted by molar-refractivity contribution is -0.161. The summed E-state index contributed by atoms with van der Waals surface area (Å²) in [6, 6.07) is 21.3. The predicted molar refractivity (Wildman–Crippen MR) is 147 cm³/mol. The number of hydrogen-bond donors (Lipinski definition) is 4. The van der Waals surface area contributed by atoms with Gasteiger partial charge in [0.25, 0.3) is 0 Å². The molecule has 0 amide bonds. The number of halogens is 2. The molecule has 3 aromatic rings. The van der Waals surface area contributed by atoms with Crippen molar-refractivity contribution in [1.82, 2.24) is 9.71 Å². The minimum Gasteiger partial charge on any atom is -0.494 e. The minimum absolute atomic E-state index is 0.0127. The van der Waals surface area contributed by atoms with Gasteiger partial charge >= 0.3 is 17.9 Å². The second-order valence-electron chi connectivity index (χ2n) is 8.65. The van der Waals surface area contributed by atoms with Crippen molar-refractivity contribution in [2.75, 3.05) is 18.5 Å². The van der Waals surface area contributed by atoms with Crippen molar-refractivity contribution in [3.63, 3.8) is 0 Å². The number of alkyl halides is 2. The number of carbonyl (C=O) groups is 2. The molecule has 2 aromatic carbocycles. The summed E-state index contributed by atoms with van der Waals surface area (Å²) in [6.45, 7) is 3.83. The van der Waals surface area contributed by atoms with Crippen LogP contribution < -0.4 is 14.8 Å². The van der Waals surface area contributed by atoms with E-state index in [0.29, 0.717) is 13.5 Å². The quantitative estimate of drug-likeness (QED) is 0.135. The van der Waals surface area contributed by atoms with Crippen LogP contribution in [0.2, 0.25) is 0 Å². The lowest BCUT2D eigenvalue weighted by Gasteiger charge is -2.17. The van der Waals surface area contributed by atoms with E-state index in [1.807, 2.05) is 73.7 Å². The summed E-state index contributed by atoms with van der Waals surface area (Å²) in [5.74, 6) is -4.82. The molecule has 1 atom stereocenters. The SMILES string of the molecule is CC(F)(F)C(=O)O.Cc1ccc(C(CC(=O)O)NSc2cccc(OCCCCNc3ccccn3)c2)cc1. The van der Waals surface area contributed by atoms with Crippen molar-refractivity contribution >= 4 is 29.7 Å². The summed E-state index contributed by atoms with van der Waals surface area (Å²) < 4.78 is 31.7. The van der Waals surface area contributed by atoms with E-state index in [2.05, 4.69) is 15.0 Å². The maximum Gasteiger partial charge on any atom is 0.374 e. The van der Waals surface area contributed by atoms with Crippen molar-refractivity contribution in [2.24, 2.45) is 0 Å². The molecule has 210 valence electrons. The molecule has 11 heteroatoms.